The normalized spacial score (nSPS) is 13.1. The van der Waals surface area contributed by atoms with Crippen molar-refractivity contribution in [3.05, 3.63) is 12.0 Å². The van der Waals surface area contributed by atoms with Gasteiger partial charge in [0.2, 0.25) is 0 Å². The molecular weight excluding hydrogens is 90.1 g/mol. The van der Waals surface area contributed by atoms with Gasteiger partial charge in [-0.1, -0.05) is 0 Å². The van der Waals surface area contributed by atoms with Crippen molar-refractivity contribution in [1.29, 1.82) is 0 Å². The maximum atomic E-state index is 8.43. The van der Waals surface area contributed by atoms with Gasteiger partial charge in [0.1, 0.15) is 5.76 Å². The summed E-state index contributed by atoms with van der Waals surface area (Å²) >= 11 is 0. The first-order valence-electron chi connectivity index (χ1n) is 2.11. The summed E-state index contributed by atoms with van der Waals surface area (Å²) in [5.41, 5.74) is 0. The van der Waals surface area contributed by atoms with E-state index in [-0.39, 0.29) is 5.76 Å². The highest BCUT2D eigenvalue weighted by molar-refractivity contribution is 5.54. The van der Waals surface area contributed by atoms with Crippen molar-refractivity contribution in [1.82, 2.24) is 0 Å². The van der Waals surface area contributed by atoms with Crippen molar-refractivity contribution < 1.29 is 5.11 Å². The Bertz CT molecular complexity index is 90.3. The Morgan fingerprint density at radius 1 is 1.71 bits per heavy atom. The highest BCUT2D eigenvalue weighted by atomic mass is 16.3. The van der Waals surface area contributed by atoms with E-state index in [1.54, 1.807) is 20.1 Å². The number of rotatable bonds is 1. The highest BCUT2D eigenvalue weighted by Gasteiger charge is 1.69. The molecule has 1 N–H and O–H groups in total. The van der Waals surface area contributed by atoms with Gasteiger partial charge < -0.3 is 5.11 Å². The summed E-state index contributed by atoms with van der Waals surface area (Å²) in [6.07, 6.45) is 3.00. The number of aliphatic hydroxyl groups is 1. The number of aliphatic imine (C=N–C) groups is 1. The van der Waals surface area contributed by atoms with Gasteiger partial charge >= 0.3 is 0 Å². The van der Waals surface area contributed by atoms with Crippen LogP contribution in [0.5, 0.6) is 0 Å². The number of nitrogens with zero attached hydrogens (tertiary/aromatic N) is 1. The second-order valence-corrected chi connectivity index (χ2v) is 1.18. The zero-order valence-corrected chi connectivity index (χ0v) is 4.55. The molecule has 0 aliphatic heterocycles. The molecule has 0 fully saturated rings. The largest absolute Gasteiger partial charge is 0.511 e. The third-order valence-electron chi connectivity index (χ3n) is 0.410. The monoisotopic (exact) mass is 99.1 g/mol. The fourth-order valence-electron chi connectivity index (χ4n) is 0.182. The van der Waals surface area contributed by atoms with Crippen LogP contribution < -0.4 is 0 Å². The molecule has 0 amide bonds. The first-order valence-corrected chi connectivity index (χ1v) is 2.11. The minimum absolute atomic E-state index is 0.234. The Morgan fingerprint density at radius 2 is 2.29 bits per heavy atom. The molecule has 0 heterocycles. The lowest BCUT2D eigenvalue weighted by Gasteiger charge is -1.78. The molecule has 0 aliphatic carbocycles. The standard InChI is InChI=1S/C5H9NO/c1-3-6-4-5(2)7/h3-4,7H,1-2H3/b5-4-,6-3?. The molecule has 0 rings (SSSR count). The van der Waals surface area contributed by atoms with E-state index in [1.165, 1.54) is 6.20 Å². The molecule has 0 bridgehead atoms. The summed E-state index contributed by atoms with van der Waals surface area (Å²) in [5.74, 6) is 0.234. The van der Waals surface area contributed by atoms with Gasteiger partial charge in [-0.2, -0.15) is 0 Å². The number of hydrogen-bond acceptors (Lipinski definition) is 2. The Kier molecular flexibility index (Phi) is 3.02. The molecule has 2 nitrogen and oxygen atoms in total. The van der Waals surface area contributed by atoms with Gasteiger partial charge in [0, 0.05) is 6.21 Å². The quantitative estimate of drug-likeness (QED) is 0.392. The van der Waals surface area contributed by atoms with Crippen LogP contribution in [0.2, 0.25) is 0 Å². The minimum Gasteiger partial charge on any atom is -0.511 e. The van der Waals surface area contributed by atoms with Crippen molar-refractivity contribution in [2.24, 2.45) is 4.99 Å². The molecular formula is C5H9NO. The van der Waals surface area contributed by atoms with Gasteiger partial charge in [0.15, 0.2) is 0 Å². The van der Waals surface area contributed by atoms with E-state index in [2.05, 4.69) is 4.99 Å². The molecule has 0 aromatic carbocycles. The van der Waals surface area contributed by atoms with Crippen molar-refractivity contribution in [2.45, 2.75) is 13.8 Å². The Balaban J connectivity index is 3.46. The highest BCUT2D eigenvalue weighted by Crippen LogP contribution is 1.81. The Morgan fingerprint density at radius 3 is 2.43 bits per heavy atom. The summed E-state index contributed by atoms with van der Waals surface area (Å²) in [5, 5.41) is 8.43. The average molecular weight is 99.1 g/mol. The lowest BCUT2D eigenvalue weighted by molar-refractivity contribution is 0.412. The summed E-state index contributed by atoms with van der Waals surface area (Å²) < 4.78 is 0. The van der Waals surface area contributed by atoms with Crippen LogP contribution in [0.25, 0.3) is 0 Å². The molecule has 0 saturated heterocycles. The van der Waals surface area contributed by atoms with Crippen LogP contribution in [0.1, 0.15) is 13.8 Å². The smallest absolute Gasteiger partial charge is 0.107 e. The van der Waals surface area contributed by atoms with Gasteiger partial charge in [-0.25, -0.2) is 0 Å². The van der Waals surface area contributed by atoms with Crippen LogP contribution >= 0.6 is 0 Å². The molecule has 0 unspecified atom stereocenters. The van der Waals surface area contributed by atoms with Crippen LogP contribution in [-0.4, -0.2) is 11.3 Å². The van der Waals surface area contributed by atoms with Gasteiger partial charge in [-0.05, 0) is 13.8 Å². The molecule has 0 aromatic rings. The Labute approximate surface area is 43.2 Å². The fourth-order valence-corrected chi connectivity index (χ4v) is 0.182. The van der Waals surface area contributed by atoms with Crippen molar-refractivity contribution in [2.75, 3.05) is 0 Å². The molecule has 0 aliphatic rings. The van der Waals surface area contributed by atoms with Gasteiger partial charge in [0.05, 0.1) is 6.20 Å². The zero-order chi connectivity index (χ0) is 5.70. The molecule has 2 heteroatoms. The molecule has 0 aromatic heterocycles. The van der Waals surface area contributed by atoms with Gasteiger partial charge in [0.25, 0.3) is 0 Å². The van der Waals surface area contributed by atoms with E-state index in [9.17, 15) is 0 Å². The fraction of sp³-hybridized carbons (Fsp3) is 0.400. The van der Waals surface area contributed by atoms with E-state index in [0.717, 1.165) is 0 Å². The second-order valence-electron chi connectivity index (χ2n) is 1.18. The zero-order valence-electron chi connectivity index (χ0n) is 4.55. The van der Waals surface area contributed by atoms with Gasteiger partial charge in [-0.15, -0.1) is 0 Å². The predicted molar refractivity (Wildman–Crippen MR) is 30.6 cm³/mol. The van der Waals surface area contributed by atoms with Crippen LogP contribution in [0.4, 0.5) is 0 Å². The SMILES string of the molecule is CC=N/C=C(/C)O. The van der Waals surface area contributed by atoms with E-state index in [4.69, 9.17) is 5.11 Å². The van der Waals surface area contributed by atoms with Crippen LogP contribution in [0, 0.1) is 0 Å². The summed E-state index contributed by atoms with van der Waals surface area (Å²) in [4.78, 5) is 3.63. The summed E-state index contributed by atoms with van der Waals surface area (Å²) in [6.45, 7) is 3.37. The predicted octanol–water partition coefficient (Wildman–Crippen LogP) is 1.50. The van der Waals surface area contributed by atoms with Crippen molar-refractivity contribution in [3.8, 4) is 0 Å². The maximum Gasteiger partial charge on any atom is 0.107 e. The third-order valence-corrected chi connectivity index (χ3v) is 0.410. The molecule has 0 radical (unpaired) electrons. The molecule has 0 saturated carbocycles. The van der Waals surface area contributed by atoms with Crippen molar-refractivity contribution >= 4 is 6.21 Å². The number of allylic oxidation sites excluding steroid dienone is 1. The van der Waals surface area contributed by atoms with E-state index >= 15 is 0 Å². The van der Waals surface area contributed by atoms with Gasteiger partial charge in [-0.3, -0.25) is 4.99 Å². The lowest BCUT2D eigenvalue weighted by atomic mass is 10.6. The number of hydrogen-bond donors (Lipinski definition) is 1. The lowest BCUT2D eigenvalue weighted by Crippen LogP contribution is -1.65. The van der Waals surface area contributed by atoms with Crippen LogP contribution in [0.3, 0.4) is 0 Å². The molecule has 0 atom stereocenters. The maximum absolute atomic E-state index is 8.43. The first-order chi connectivity index (χ1) is 3.27. The van der Waals surface area contributed by atoms with Crippen LogP contribution in [-0.2, 0) is 0 Å². The molecule has 7 heavy (non-hydrogen) atoms. The average Bonchev–Trinajstić information content (AvgIpc) is 1.61. The third kappa shape index (κ3) is 5.21. The first kappa shape index (κ1) is 6.21. The minimum atomic E-state index is 0.234. The second kappa shape index (κ2) is 3.40. The number of aliphatic hydroxyl groups excluding tert-OH is 1. The molecule has 0 spiro atoms. The van der Waals surface area contributed by atoms with E-state index in [1.807, 2.05) is 0 Å². The van der Waals surface area contributed by atoms with Crippen LogP contribution in [0.15, 0.2) is 17.0 Å². The van der Waals surface area contributed by atoms with Crippen molar-refractivity contribution in [3.63, 3.8) is 0 Å². The van der Waals surface area contributed by atoms with E-state index in [0.29, 0.717) is 0 Å². The summed E-state index contributed by atoms with van der Waals surface area (Å²) in [6, 6.07) is 0. The summed E-state index contributed by atoms with van der Waals surface area (Å²) in [7, 11) is 0. The molecule has 40 valence electrons. The Hall–Kier alpha value is -0.790. The van der Waals surface area contributed by atoms with E-state index < -0.39 is 0 Å². The topological polar surface area (TPSA) is 32.6 Å².